The summed E-state index contributed by atoms with van der Waals surface area (Å²) in [6.45, 7) is 4.24. The van der Waals surface area contributed by atoms with Crippen LogP contribution in [0, 0.1) is 4.77 Å². The summed E-state index contributed by atoms with van der Waals surface area (Å²) in [5, 5.41) is 3.35. The molecule has 1 fully saturated rings. The Morgan fingerprint density at radius 2 is 2.10 bits per heavy atom. The number of H-pyrrole nitrogens is 1. The van der Waals surface area contributed by atoms with Gasteiger partial charge in [-0.1, -0.05) is 43.7 Å². The summed E-state index contributed by atoms with van der Waals surface area (Å²) < 4.78 is 2.63. The molecule has 0 bridgehead atoms. The Kier molecular flexibility index (Phi) is 4.51. The number of nitrogens with one attached hydrogen (secondary N) is 1. The molecule has 5 heteroatoms. The Morgan fingerprint density at radius 3 is 2.86 bits per heavy atom. The molecule has 0 radical (unpaired) electrons. The number of aromatic amines is 1. The van der Waals surface area contributed by atoms with Gasteiger partial charge in [-0.25, -0.2) is 4.68 Å². The van der Waals surface area contributed by atoms with Crippen LogP contribution in [0.2, 0.25) is 0 Å². The van der Waals surface area contributed by atoms with E-state index < -0.39 is 0 Å². The van der Waals surface area contributed by atoms with E-state index >= 15 is 0 Å². The molecule has 4 nitrogen and oxygen atoms in total. The molecular weight excluding hydrogens is 280 g/mol. The number of nitrogens with zero attached hydrogens (tertiary/aromatic N) is 3. The number of benzene rings is 1. The van der Waals surface area contributed by atoms with Crippen molar-refractivity contribution in [3.8, 4) is 11.4 Å². The first-order valence-electron chi connectivity index (χ1n) is 7.74. The highest BCUT2D eigenvalue weighted by molar-refractivity contribution is 7.71. The highest BCUT2D eigenvalue weighted by Crippen LogP contribution is 2.20. The Labute approximate surface area is 130 Å². The lowest BCUT2D eigenvalue weighted by molar-refractivity contribution is 0.101. The van der Waals surface area contributed by atoms with Crippen molar-refractivity contribution in [3.05, 3.63) is 35.1 Å². The van der Waals surface area contributed by atoms with Crippen molar-refractivity contribution in [3.63, 3.8) is 0 Å². The molecule has 1 aliphatic rings. The van der Waals surface area contributed by atoms with Crippen molar-refractivity contribution >= 4 is 12.2 Å². The zero-order valence-electron chi connectivity index (χ0n) is 12.5. The molecule has 2 aromatic rings. The van der Waals surface area contributed by atoms with Crippen LogP contribution in [0.3, 0.4) is 0 Å². The summed E-state index contributed by atoms with van der Waals surface area (Å²) in [6, 6.07) is 10.8. The van der Waals surface area contributed by atoms with Crippen molar-refractivity contribution in [2.24, 2.45) is 0 Å². The molecule has 1 aromatic heterocycles. The average molecular weight is 302 g/mol. The molecule has 1 atom stereocenters. The zero-order chi connectivity index (χ0) is 14.7. The third-order valence-corrected chi connectivity index (χ3v) is 4.58. The van der Waals surface area contributed by atoms with E-state index in [1.165, 1.54) is 25.7 Å². The molecule has 2 heterocycles. The minimum Gasteiger partial charge on any atom is -0.281 e. The number of piperidine rings is 1. The van der Waals surface area contributed by atoms with E-state index in [0.717, 1.165) is 24.6 Å². The summed E-state index contributed by atoms with van der Waals surface area (Å²) in [5.41, 5.74) is 1.08. The van der Waals surface area contributed by atoms with Crippen molar-refractivity contribution in [1.82, 2.24) is 19.7 Å². The highest BCUT2D eigenvalue weighted by atomic mass is 32.1. The molecule has 1 unspecified atom stereocenters. The summed E-state index contributed by atoms with van der Waals surface area (Å²) in [6.07, 6.45) is 5.12. The van der Waals surface area contributed by atoms with E-state index in [-0.39, 0.29) is 0 Å². The minimum absolute atomic E-state index is 0.634. The van der Waals surface area contributed by atoms with Crippen molar-refractivity contribution in [2.75, 3.05) is 6.54 Å². The Bertz CT molecular complexity index is 631. The van der Waals surface area contributed by atoms with Crippen LogP contribution < -0.4 is 0 Å². The van der Waals surface area contributed by atoms with Gasteiger partial charge in [0.1, 0.15) is 0 Å². The first kappa shape index (κ1) is 14.5. The molecule has 0 spiro atoms. The number of hydrogen-bond acceptors (Lipinski definition) is 3. The summed E-state index contributed by atoms with van der Waals surface area (Å²) in [4.78, 5) is 7.01. The summed E-state index contributed by atoms with van der Waals surface area (Å²) >= 11 is 5.41. The Hall–Kier alpha value is -1.46. The van der Waals surface area contributed by atoms with E-state index in [9.17, 15) is 0 Å². The van der Waals surface area contributed by atoms with Crippen LogP contribution in [0.15, 0.2) is 30.3 Å². The van der Waals surface area contributed by atoms with Crippen LogP contribution in [0.4, 0.5) is 0 Å². The SMILES string of the molecule is CCC1CCCCN1Cn1[nH]c(-c2ccccc2)nc1=S. The molecule has 1 N–H and O–H groups in total. The predicted octanol–water partition coefficient (Wildman–Crippen LogP) is 3.83. The molecule has 1 saturated heterocycles. The van der Waals surface area contributed by atoms with Gasteiger partial charge in [-0.15, -0.1) is 0 Å². The van der Waals surface area contributed by atoms with E-state index in [4.69, 9.17) is 12.2 Å². The monoisotopic (exact) mass is 302 g/mol. The Morgan fingerprint density at radius 1 is 1.29 bits per heavy atom. The van der Waals surface area contributed by atoms with Crippen LogP contribution in [0.5, 0.6) is 0 Å². The van der Waals surface area contributed by atoms with Gasteiger partial charge in [0.25, 0.3) is 0 Å². The quantitative estimate of drug-likeness (QED) is 0.872. The third kappa shape index (κ3) is 3.24. The second kappa shape index (κ2) is 6.54. The first-order chi connectivity index (χ1) is 10.3. The number of likely N-dealkylation sites (tertiary alicyclic amines) is 1. The summed E-state index contributed by atoms with van der Waals surface area (Å²) in [5.74, 6) is 0.852. The molecule has 1 aromatic carbocycles. The van der Waals surface area contributed by atoms with Crippen molar-refractivity contribution in [2.45, 2.75) is 45.3 Å². The van der Waals surface area contributed by atoms with Gasteiger partial charge < -0.3 is 0 Å². The van der Waals surface area contributed by atoms with Crippen molar-refractivity contribution in [1.29, 1.82) is 0 Å². The number of hydrogen-bond donors (Lipinski definition) is 1. The average Bonchev–Trinajstić information content (AvgIpc) is 2.90. The van der Waals surface area contributed by atoms with Crippen LogP contribution in [-0.4, -0.2) is 32.3 Å². The molecule has 3 rings (SSSR count). The fraction of sp³-hybridized carbons (Fsp3) is 0.500. The lowest BCUT2D eigenvalue weighted by atomic mass is 10.0. The van der Waals surface area contributed by atoms with Gasteiger partial charge in [0.05, 0.1) is 6.67 Å². The fourth-order valence-corrected chi connectivity index (χ4v) is 3.26. The third-order valence-electron chi connectivity index (χ3n) is 4.27. The van der Waals surface area contributed by atoms with Gasteiger partial charge in [-0.05, 0) is 31.5 Å². The second-order valence-electron chi connectivity index (χ2n) is 5.66. The summed E-state index contributed by atoms with van der Waals surface area (Å²) in [7, 11) is 0. The van der Waals surface area contributed by atoms with Crippen LogP contribution in [0.1, 0.15) is 32.6 Å². The topological polar surface area (TPSA) is 36.9 Å². The van der Waals surface area contributed by atoms with Gasteiger partial charge in [-0.3, -0.25) is 10.00 Å². The maximum absolute atomic E-state index is 5.41. The van der Waals surface area contributed by atoms with Gasteiger partial charge in [0.2, 0.25) is 4.77 Å². The van der Waals surface area contributed by atoms with Crippen LogP contribution in [-0.2, 0) is 6.67 Å². The standard InChI is InChI=1S/C16H22N4S/c1-2-14-10-6-7-11-19(14)12-20-16(21)17-15(18-20)13-8-4-3-5-9-13/h3-5,8-9,14H,2,6-7,10-12H2,1H3,(H,17,18,21). The molecule has 0 aliphatic carbocycles. The number of aromatic nitrogens is 3. The molecule has 1 aliphatic heterocycles. The van der Waals surface area contributed by atoms with E-state index in [0.29, 0.717) is 10.8 Å². The van der Waals surface area contributed by atoms with Gasteiger partial charge in [-0.2, -0.15) is 4.98 Å². The minimum atomic E-state index is 0.634. The van der Waals surface area contributed by atoms with Crippen LogP contribution in [0.25, 0.3) is 11.4 Å². The lowest BCUT2D eigenvalue weighted by Gasteiger charge is -2.34. The fourth-order valence-electron chi connectivity index (χ4n) is 3.07. The molecule has 0 saturated carbocycles. The van der Waals surface area contributed by atoms with E-state index in [2.05, 4.69) is 21.9 Å². The smallest absolute Gasteiger partial charge is 0.217 e. The predicted molar refractivity (Wildman–Crippen MR) is 87.5 cm³/mol. The highest BCUT2D eigenvalue weighted by Gasteiger charge is 2.21. The normalized spacial score (nSPS) is 19.8. The van der Waals surface area contributed by atoms with Gasteiger partial charge in [0.15, 0.2) is 5.82 Å². The number of rotatable bonds is 4. The maximum Gasteiger partial charge on any atom is 0.217 e. The van der Waals surface area contributed by atoms with E-state index in [1.54, 1.807) is 0 Å². The van der Waals surface area contributed by atoms with Crippen LogP contribution >= 0.6 is 12.2 Å². The lowest BCUT2D eigenvalue weighted by Crippen LogP contribution is -2.40. The molecule has 21 heavy (non-hydrogen) atoms. The van der Waals surface area contributed by atoms with Gasteiger partial charge >= 0.3 is 0 Å². The Balaban J connectivity index is 1.80. The van der Waals surface area contributed by atoms with Gasteiger partial charge in [0, 0.05) is 18.2 Å². The molecular formula is C16H22N4S. The molecule has 0 amide bonds. The second-order valence-corrected chi connectivity index (χ2v) is 6.03. The first-order valence-corrected chi connectivity index (χ1v) is 8.15. The van der Waals surface area contributed by atoms with E-state index in [1.807, 2.05) is 35.0 Å². The molecule has 112 valence electrons. The largest absolute Gasteiger partial charge is 0.281 e. The van der Waals surface area contributed by atoms with Crippen molar-refractivity contribution < 1.29 is 0 Å². The zero-order valence-corrected chi connectivity index (χ0v) is 13.3. The maximum atomic E-state index is 5.41.